The minimum atomic E-state index is 0.764. The summed E-state index contributed by atoms with van der Waals surface area (Å²) in [5.74, 6) is 1.89. The van der Waals surface area contributed by atoms with Crippen LogP contribution in [0.25, 0.3) is 16.7 Å². The van der Waals surface area contributed by atoms with E-state index in [-0.39, 0.29) is 0 Å². The Morgan fingerprint density at radius 1 is 0.917 bits per heavy atom. The van der Waals surface area contributed by atoms with Crippen LogP contribution in [0, 0.1) is 0 Å². The summed E-state index contributed by atoms with van der Waals surface area (Å²) in [6, 6.07) is 12.1. The van der Waals surface area contributed by atoms with Crippen LogP contribution < -0.4 is 9.80 Å². The van der Waals surface area contributed by atoms with Crippen LogP contribution >= 0.6 is 0 Å². The van der Waals surface area contributed by atoms with Crippen molar-refractivity contribution < 1.29 is 0 Å². The maximum absolute atomic E-state index is 4.68. The number of hydrogen-bond acceptors (Lipinski definition) is 6. The molecule has 0 saturated carbocycles. The van der Waals surface area contributed by atoms with E-state index in [2.05, 4.69) is 41.1 Å². The molecular weight excluding hydrogens is 304 g/mol. The lowest BCUT2D eigenvalue weighted by Crippen LogP contribution is -2.47. The molecule has 24 heavy (non-hydrogen) atoms. The van der Waals surface area contributed by atoms with Gasteiger partial charge in [-0.15, -0.1) is 15.3 Å². The summed E-state index contributed by atoms with van der Waals surface area (Å²) in [6.45, 7) is 3.61. The highest BCUT2D eigenvalue weighted by atomic mass is 15.4. The smallest absolute Gasteiger partial charge is 0.203 e. The molecule has 0 aliphatic carbocycles. The zero-order chi connectivity index (χ0) is 15.9. The van der Waals surface area contributed by atoms with Crippen molar-refractivity contribution in [3.8, 4) is 0 Å². The van der Waals surface area contributed by atoms with Gasteiger partial charge in [0.25, 0.3) is 0 Å². The maximum atomic E-state index is 4.68. The number of nitrogens with zero attached hydrogens (tertiary/aromatic N) is 7. The molecule has 120 valence electrons. The van der Waals surface area contributed by atoms with Crippen LogP contribution in [0.5, 0.6) is 0 Å². The molecule has 4 heterocycles. The van der Waals surface area contributed by atoms with Gasteiger partial charge >= 0.3 is 0 Å². The molecule has 1 aliphatic heterocycles. The second-order valence-corrected chi connectivity index (χ2v) is 5.88. The second kappa shape index (κ2) is 5.19. The first-order chi connectivity index (χ1) is 11.9. The number of hydrogen-bond donors (Lipinski definition) is 1. The van der Waals surface area contributed by atoms with Gasteiger partial charge in [0, 0.05) is 26.2 Å². The Labute approximate surface area is 137 Å². The molecule has 0 bridgehead atoms. The third kappa shape index (κ3) is 2.15. The first kappa shape index (κ1) is 13.3. The topological polar surface area (TPSA) is 78.2 Å². The van der Waals surface area contributed by atoms with Crippen LogP contribution in [0.1, 0.15) is 0 Å². The second-order valence-electron chi connectivity index (χ2n) is 5.88. The van der Waals surface area contributed by atoms with Crippen LogP contribution in [0.2, 0.25) is 0 Å². The summed E-state index contributed by atoms with van der Waals surface area (Å²) < 4.78 is 1.71. The van der Waals surface area contributed by atoms with E-state index in [9.17, 15) is 0 Å². The molecule has 0 atom stereocenters. The standard InChI is InChI=1S/C16H16N8/c1-2-4-13-12(3-1)18-16(19-13)23-9-7-22(8-10-23)15-6-5-14-20-17-11-24(14)21-15/h1-6,11H,7-10H2,(H,18,19). The van der Waals surface area contributed by atoms with Crippen molar-refractivity contribution >= 4 is 28.4 Å². The van der Waals surface area contributed by atoms with Crippen LogP contribution in [-0.4, -0.2) is 56.0 Å². The third-order valence-corrected chi connectivity index (χ3v) is 4.43. The summed E-state index contributed by atoms with van der Waals surface area (Å²) in [7, 11) is 0. The summed E-state index contributed by atoms with van der Waals surface area (Å²) >= 11 is 0. The van der Waals surface area contributed by atoms with Crippen molar-refractivity contribution in [1.29, 1.82) is 0 Å². The molecular formula is C16H16N8. The normalized spacial score (nSPS) is 15.5. The minimum absolute atomic E-state index is 0.764. The zero-order valence-corrected chi connectivity index (χ0v) is 13.0. The van der Waals surface area contributed by atoms with Gasteiger partial charge in [-0.05, 0) is 24.3 Å². The number of benzene rings is 1. The van der Waals surface area contributed by atoms with Crippen molar-refractivity contribution in [1.82, 2.24) is 29.8 Å². The Kier molecular flexibility index (Phi) is 2.87. The lowest BCUT2D eigenvalue weighted by Gasteiger charge is -2.35. The predicted octanol–water partition coefficient (Wildman–Crippen LogP) is 1.33. The van der Waals surface area contributed by atoms with Gasteiger partial charge in [0.2, 0.25) is 5.95 Å². The van der Waals surface area contributed by atoms with E-state index in [4.69, 9.17) is 0 Å². The number of aromatic amines is 1. The van der Waals surface area contributed by atoms with E-state index in [1.165, 1.54) is 0 Å². The fourth-order valence-electron chi connectivity index (χ4n) is 3.12. The lowest BCUT2D eigenvalue weighted by molar-refractivity contribution is 0.632. The maximum Gasteiger partial charge on any atom is 0.203 e. The van der Waals surface area contributed by atoms with E-state index in [0.717, 1.165) is 54.6 Å². The number of imidazole rings is 1. The first-order valence-electron chi connectivity index (χ1n) is 7.98. The predicted molar refractivity (Wildman–Crippen MR) is 91.3 cm³/mol. The number of anilines is 2. The molecule has 5 rings (SSSR count). The summed E-state index contributed by atoms with van der Waals surface area (Å²) in [4.78, 5) is 12.6. The van der Waals surface area contributed by atoms with E-state index in [1.807, 2.05) is 30.3 Å². The number of H-pyrrole nitrogens is 1. The van der Waals surface area contributed by atoms with E-state index in [0.29, 0.717) is 0 Å². The van der Waals surface area contributed by atoms with Crippen LogP contribution in [0.15, 0.2) is 42.7 Å². The first-order valence-corrected chi connectivity index (χ1v) is 7.98. The Morgan fingerprint density at radius 2 is 1.75 bits per heavy atom. The Bertz CT molecular complexity index is 952. The molecule has 0 amide bonds. The van der Waals surface area contributed by atoms with Gasteiger partial charge in [0.1, 0.15) is 12.1 Å². The van der Waals surface area contributed by atoms with E-state index < -0.39 is 0 Å². The molecule has 0 spiro atoms. The van der Waals surface area contributed by atoms with Gasteiger partial charge in [0.05, 0.1) is 11.0 Å². The van der Waals surface area contributed by atoms with Crippen LogP contribution in [0.4, 0.5) is 11.8 Å². The highest BCUT2D eigenvalue weighted by molar-refractivity contribution is 5.77. The molecule has 1 aromatic carbocycles. The Hall–Kier alpha value is -3.16. The molecule has 3 aromatic heterocycles. The highest BCUT2D eigenvalue weighted by Crippen LogP contribution is 2.20. The third-order valence-electron chi connectivity index (χ3n) is 4.43. The van der Waals surface area contributed by atoms with Gasteiger partial charge in [-0.1, -0.05) is 12.1 Å². The molecule has 8 nitrogen and oxygen atoms in total. The van der Waals surface area contributed by atoms with E-state index in [1.54, 1.807) is 10.8 Å². The van der Waals surface area contributed by atoms with Crippen molar-refractivity contribution in [3.05, 3.63) is 42.7 Å². The van der Waals surface area contributed by atoms with Crippen molar-refractivity contribution in [2.45, 2.75) is 0 Å². The molecule has 8 heteroatoms. The van der Waals surface area contributed by atoms with Gasteiger partial charge in [-0.3, -0.25) is 0 Å². The Balaban J connectivity index is 1.34. The SMILES string of the molecule is c1ccc2[nH]c(N3CCN(c4ccc5nncn5n4)CC3)nc2c1. The van der Waals surface area contributed by atoms with Gasteiger partial charge in [-0.25, -0.2) is 4.98 Å². The summed E-state index contributed by atoms with van der Waals surface area (Å²) in [5.41, 5.74) is 2.85. The fourth-order valence-corrected chi connectivity index (χ4v) is 3.12. The fraction of sp³-hybridized carbons (Fsp3) is 0.250. The van der Waals surface area contributed by atoms with Crippen molar-refractivity contribution in [2.24, 2.45) is 0 Å². The molecule has 1 N–H and O–H groups in total. The van der Waals surface area contributed by atoms with Crippen molar-refractivity contribution in [2.75, 3.05) is 36.0 Å². The van der Waals surface area contributed by atoms with E-state index >= 15 is 0 Å². The largest absolute Gasteiger partial charge is 0.352 e. The lowest BCUT2D eigenvalue weighted by atomic mass is 10.3. The summed E-state index contributed by atoms with van der Waals surface area (Å²) in [5, 5.41) is 12.4. The molecule has 1 saturated heterocycles. The zero-order valence-electron chi connectivity index (χ0n) is 13.0. The number of rotatable bonds is 2. The molecule has 4 aromatic rings. The number of fused-ring (bicyclic) bond motifs is 2. The van der Waals surface area contributed by atoms with Gasteiger partial charge in [-0.2, -0.15) is 4.52 Å². The molecule has 0 unspecified atom stereocenters. The average molecular weight is 320 g/mol. The van der Waals surface area contributed by atoms with Crippen LogP contribution in [-0.2, 0) is 0 Å². The highest BCUT2D eigenvalue weighted by Gasteiger charge is 2.20. The number of aromatic nitrogens is 6. The quantitative estimate of drug-likeness (QED) is 0.600. The van der Waals surface area contributed by atoms with Gasteiger partial charge in [0.15, 0.2) is 5.65 Å². The number of para-hydroxylation sites is 2. The minimum Gasteiger partial charge on any atom is -0.352 e. The molecule has 0 radical (unpaired) electrons. The van der Waals surface area contributed by atoms with Crippen LogP contribution in [0.3, 0.4) is 0 Å². The summed E-state index contributed by atoms with van der Waals surface area (Å²) in [6.07, 6.45) is 1.63. The number of nitrogens with one attached hydrogen (secondary N) is 1. The molecule has 1 aliphatic rings. The van der Waals surface area contributed by atoms with Gasteiger partial charge < -0.3 is 14.8 Å². The monoisotopic (exact) mass is 320 g/mol. The Morgan fingerprint density at radius 3 is 2.62 bits per heavy atom. The average Bonchev–Trinajstić information content (AvgIpc) is 3.27. The molecule has 1 fully saturated rings. The van der Waals surface area contributed by atoms with Crippen molar-refractivity contribution in [3.63, 3.8) is 0 Å². The number of piperazine rings is 1.